The molecule has 1 aliphatic heterocycles. The van der Waals surface area contributed by atoms with Gasteiger partial charge >= 0.3 is 0 Å². The van der Waals surface area contributed by atoms with E-state index >= 15 is 0 Å². The van der Waals surface area contributed by atoms with E-state index in [0.29, 0.717) is 0 Å². The molecular formula is C12H19BrN2OS. The van der Waals surface area contributed by atoms with E-state index in [9.17, 15) is 5.11 Å². The zero-order valence-electron chi connectivity index (χ0n) is 10.3. The van der Waals surface area contributed by atoms with Crippen molar-refractivity contribution in [2.24, 2.45) is 0 Å². The summed E-state index contributed by atoms with van der Waals surface area (Å²) in [6.45, 7) is 3.08. The Kier molecular flexibility index (Phi) is 4.60. The summed E-state index contributed by atoms with van der Waals surface area (Å²) in [5.41, 5.74) is 1.02. The Morgan fingerprint density at radius 3 is 2.82 bits per heavy atom. The minimum absolute atomic E-state index is 0.174. The number of thiophene rings is 1. The van der Waals surface area contributed by atoms with Gasteiger partial charge in [0.2, 0.25) is 0 Å². The molecule has 0 aromatic carbocycles. The van der Waals surface area contributed by atoms with Crippen LogP contribution >= 0.6 is 27.3 Å². The smallest absolute Gasteiger partial charge is 0.0976 e. The largest absolute Gasteiger partial charge is 0.387 e. The molecule has 0 saturated carbocycles. The van der Waals surface area contributed by atoms with Crippen molar-refractivity contribution in [3.8, 4) is 0 Å². The number of likely N-dealkylation sites (N-methyl/N-ethyl adjacent to an activating group) is 2. The predicted molar refractivity (Wildman–Crippen MR) is 75.5 cm³/mol. The van der Waals surface area contributed by atoms with Gasteiger partial charge < -0.3 is 10.0 Å². The lowest BCUT2D eigenvalue weighted by Crippen LogP contribution is -2.42. The van der Waals surface area contributed by atoms with Gasteiger partial charge in [0.05, 0.1) is 12.1 Å². The van der Waals surface area contributed by atoms with E-state index in [1.807, 2.05) is 10.8 Å². The van der Waals surface area contributed by atoms with Gasteiger partial charge in [0.1, 0.15) is 0 Å². The number of nitrogens with zero attached hydrogens (tertiary/aromatic N) is 2. The Morgan fingerprint density at radius 1 is 1.41 bits per heavy atom. The summed E-state index contributed by atoms with van der Waals surface area (Å²) < 4.78 is 1.02. The fraction of sp³-hybridized carbons (Fsp3) is 0.667. The van der Waals surface area contributed by atoms with Crippen LogP contribution in [0.5, 0.6) is 0 Å². The lowest BCUT2D eigenvalue weighted by atomic mass is 10.0. The summed E-state index contributed by atoms with van der Waals surface area (Å²) in [6, 6.07) is 0.174. The number of halogens is 1. The van der Waals surface area contributed by atoms with Crippen molar-refractivity contribution < 1.29 is 5.11 Å². The third-order valence-electron chi connectivity index (χ3n) is 3.44. The summed E-state index contributed by atoms with van der Waals surface area (Å²) in [5, 5.41) is 14.6. The van der Waals surface area contributed by atoms with E-state index in [-0.39, 0.29) is 6.04 Å². The second-order valence-corrected chi connectivity index (χ2v) is 6.38. The molecule has 0 radical (unpaired) electrons. The molecule has 0 bridgehead atoms. The minimum Gasteiger partial charge on any atom is -0.387 e. The molecule has 1 saturated heterocycles. The van der Waals surface area contributed by atoms with Crippen LogP contribution < -0.4 is 0 Å². The van der Waals surface area contributed by atoms with Crippen molar-refractivity contribution in [3.63, 3.8) is 0 Å². The van der Waals surface area contributed by atoms with Crippen LogP contribution in [0.2, 0.25) is 0 Å². The molecule has 1 aromatic heterocycles. The molecule has 2 heterocycles. The normalized spacial score (nSPS) is 25.8. The van der Waals surface area contributed by atoms with Crippen molar-refractivity contribution in [1.29, 1.82) is 0 Å². The molecule has 1 aliphatic rings. The quantitative estimate of drug-likeness (QED) is 0.905. The van der Waals surface area contributed by atoms with Crippen LogP contribution in [-0.2, 0) is 0 Å². The predicted octanol–water partition coefficient (Wildman–Crippen LogP) is 2.18. The van der Waals surface area contributed by atoms with Crippen LogP contribution in [0.4, 0.5) is 0 Å². The highest BCUT2D eigenvalue weighted by Crippen LogP contribution is 2.31. The first-order valence-corrected chi connectivity index (χ1v) is 7.61. The molecule has 2 unspecified atom stereocenters. The lowest BCUT2D eigenvalue weighted by molar-refractivity contribution is 0.0570. The van der Waals surface area contributed by atoms with E-state index in [1.165, 1.54) is 6.42 Å². The number of hydrogen-bond donors (Lipinski definition) is 1. The number of aliphatic hydroxyl groups is 1. The maximum absolute atomic E-state index is 10.5. The standard InChI is InChI=1S/C12H19BrN2OS/c1-14-4-3-5-15(2)11(6-14)12(16)9-7-17-8-10(9)13/h7-8,11-12,16H,3-6H2,1-2H3. The Labute approximate surface area is 115 Å². The van der Waals surface area contributed by atoms with Crippen LogP contribution in [0.3, 0.4) is 0 Å². The summed E-state index contributed by atoms with van der Waals surface area (Å²) in [4.78, 5) is 4.58. The topological polar surface area (TPSA) is 26.7 Å². The molecule has 2 atom stereocenters. The van der Waals surface area contributed by atoms with Gasteiger partial charge in [0, 0.05) is 22.0 Å². The minimum atomic E-state index is -0.416. The second-order valence-electron chi connectivity index (χ2n) is 4.78. The van der Waals surface area contributed by atoms with Crippen molar-refractivity contribution >= 4 is 27.3 Å². The third-order valence-corrected chi connectivity index (χ3v) is 5.19. The highest BCUT2D eigenvalue weighted by Gasteiger charge is 2.29. The highest BCUT2D eigenvalue weighted by atomic mass is 79.9. The molecule has 17 heavy (non-hydrogen) atoms. The van der Waals surface area contributed by atoms with Crippen molar-refractivity contribution in [2.75, 3.05) is 33.7 Å². The van der Waals surface area contributed by atoms with Gasteiger partial charge in [-0.05, 0) is 54.9 Å². The van der Waals surface area contributed by atoms with Crippen molar-refractivity contribution in [3.05, 3.63) is 20.8 Å². The molecule has 0 amide bonds. The highest BCUT2D eigenvalue weighted by molar-refractivity contribution is 9.10. The zero-order valence-corrected chi connectivity index (χ0v) is 12.7. The average molecular weight is 319 g/mol. The van der Waals surface area contributed by atoms with Gasteiger partial charge in [-0.2, -0.15) is 11.3 Å². The number of rotatable bonds is 2. The fourth-order valence-corrected chi connectivity index (χ4v) is 3.92. The van der Waals surface area contributed by atoms with Gasteiger partial charge in [-0.1, -0.05) is 0 Å². The number of aliphatic hydroxyl groups excluding tert-OH is 1. The molecule has 3 nitrogen and oxygen atoms in total. The van der Waals surface area contributed by atoms with Crippen LogP contribution in [-0.4, -0.2) is 54.7 Å². The molecule has 1 N–H and O–H groups in total. The lowest BCUT2D eigenvalue weighted by Gasteiger charge is -2.31. The van der Waals surface area contributed by atoms with E-state index in [0.717, 1.165) is 29.7 Å². The summed E-state index contributed by atoms with van der Waals surface area (Å²) in [7, 11) is 4.23. The summed E-state index contributed by atoms with van der Waals surface area (Å²) in [6.07, 6.45) is 0.752. The first-order valence-electron chi connectivity index (χ1n) is 5.88. The molecule has 1 fully saturated rings. The molecule has 1 aromatic rings. The molecule has 96 valence electrons. The van der Waals surface area contributed by atoms with Gasteiger partial charge in [-0.15, -0.1) is 0 Å². The van der Waals surface area contributed by atoms with Crippen molar-refractivity contribution in [1.82, 2.24) is 9.80 Å². The average Bonchev–Trinajstić information content (AvgIpc) is 2.63. The Balaban J connectivity index is 2.16. The fourth-order valence-electron chi connectivity index (χ4n) is 2.36. The second kappa shape index (κ2) is 5.80. The maximum atomic E-state index is 10.5. The van der Waals surface area contributed by atoms with Gasteiger partial charge in [-0.25, -0.2) is 0 Å². The van der Waals surface area contributed by atoms with E-state index < -0.39 is 6.10 Å². The Bertz CT molecular complexity index is 371. The van der Waals surface area contributed by atoms with Crippen LogP contribution in [0, 0.1) is 0 Å². The van der Waals surface area contributed by atoms with Gasteiger partial charge in [0.25, 0.3) is 0 Å². The first kappa shape index (κ1) is 13.5. The SMILES string of the molecule is CN1CCCN(C)C(C(O)c2cscc2Br)C1. The molecule has 2 rings (SSSR count). The first-order chi connectivity index (χ1) is 8.09. The van der Waals surface area contributed by atoms with Crippen LogP contribution in [0.25, 0.3) is 0 Å². The molecule has 0 aliphatic carbocycles. The summed E-state index contributed by atoms with van der Waals surface area (Å²) in [5.74, 6) is 0. The molecule has 5 heteroatoms. The van der Waals surface area contributed by atoms with E-state index in [4.69, 9.17) is 0 Å². The summed E-state index contributed by atoms with van der Waals surface area (Å²) >= 11 is 5.13. The van der Waals surface area contributed by atoms with Gasteiger partial charge in [0.15, 0.2) is 0 Å². The van der Waals surface area contributed by atoms with E-state index in [1.54, 1.807) is 11.3 Å². The monoisotopic (exact) mass is 318 g/mol. The zero-order chi connectivity index (χ0) is 12.4. The third kappa shape index (κ3) is 3.09. The molecule has 0 spiro atoms. The van der Waals surface area contributed by atoms with Crippen LogP contribution in [0.15, 0.2) is 15.2 Å². The van der Waals surface area contributed by atoms with E-state index in [2.05, 4.69) is 39.8 Å². The van der Waals surface area contributed by atoms with Gasteiger partial charge in [-0.3, -0.25) is 4.90 Å². The Morgan fingerprint density at radius 2 is 2.18 bits per heavy atom. The Hall–Kier alpha value is 0.0600. The maximum Gasteiger partial charge on any atom is 0.0976 e. The van der Waals surface area contributed by atoms with Crippen molar-refractivity contribution in [2.45, 2.75) is 18.6 Å². The number of hydrogen-bond acceptors (Lipinski definition) is 4. The molecular weight excluding hydrogens is 300 g/mol. The van der Waals surface area contributed by atoms with Crippen LogP contribution in [0.1, 0.15) is 18.1 Å².